The third-order valence-corrected chi connectivity index (χ3v) is 4.98. The highest BCUT2D eigenvalue weighted by Gasteiger charge is 2.22. The molecule has 0 aliphatic rings. The van der Waals surface area contributed by atoms with Gasteiger partial charge >= 0.3 is 0 Å². The number of hydrogen-bond acceptors (Lipinski definition) is 8. The predicted molar refractivity (Wildman–Crippen MR) is 123 cm³/mol. The number of ether oxygens (including phenoxy) is 1. The molecule has 0 amide bonds. The van der Waals surface area contributed by atoms with Crippen LogP contribution in [0.5, 0.6) is 5.75 Å². The molecule has 0 radical (unpaired) electrons. The summed E-state index contributed by atoms with van der Waals surface area (Å²) >= 11 is 0. The summed E-state index contributed by atoms with van der Waals surface area (Å²) < 4.78 is 6.35. The fraction of sp³-hybridized carbons (Fsp3) is 0.273. The van der Waals surface area contributed by atoms with Gasteiger partial charge < -0.3 is 20.1 Å². The van der Waals surface area contributed by atoms with Crippen molar-refractivity contribution in [2.24, 2.45) is 0 Å². The number of methoxy groups -OCH3 is 1. The Hall–Kier alpha value is -3.92. The van der Waals surface area contributed by atoms with Crippen LogP contribution in [0.25, 0.3) is 16.9 Å². The van der Waals surface area contributed by atoms with Gasteiger partial charge in [0.15, 0.2) is 0 Å². The Kier molecular flexibility index (Phi) is 7.06. The first-order valence-electron chi connectivity index (χ1n) is 10.0. The van der Waals surface area contributed by atoms with Crippen molar-refractivity contribution in [1.29, 1.82) is 0 Å². The van der Waals surface area contributed by atoms with E-state index in [1.807, 2.05) is 13.0 Å². The molecule has 10 heteroatoms. The average molecular weight is 439 g/mol. The van der Waals surface area contributed by atoms with Gasteiger partial charge in [-0.1, -0.05) is 12.1 Å². The number of nitrogens with zero attached hydrogens (tertiary/aromatic N) is 4. The maximum atomic E-state index is 13.3. The third-order valence-electron chi connectivity index (χ3n) is 4.98. The molecular weight excluding hydrogens is 414 g/mol. The lowest BCUT2D eigenvalue weighted by Crippen LogP contribution is -2.30. The molecule has 32 heavy (non-hydrogen) atoms. The molecule has 1 heterocycles. The molecule has 1 aromatic heterocycles. The quantitative estimate of drug-likeness (QED) is 0.385. The number of rotatable bonds is 9. The minimum absolute atomic E-state index is 0.0263. The monoisotopic (exact) mass is 439 g/mol. The molecule has 3 rings (SSSR count). The van der Waals surface area contributed by atoms with E-state index in [1.54, 1.807) is 43.3 Å². The fourth-order valence-electron chi connectivity index (χ4n) is 3.17. The number of nitrogens with one attached hydrogen (secondary N) is 1. The van der Waals surface area contributed by atoms with Gasteiger partial charge in [0, 0.05) is 37.5 Å². The van der Waals surface area contributed by atoms with Crippen molar-refractivity contribution in [2.75, 3.05) is 44.1 Å². The molecule has 0 aliphatic carbocycles. The van der Waals surface area contributed by atoms with Crippen molar-refractivity contribution in [3.8, 4) is 22.7 Å². The van der Waals surface area contributed by atoms with Crippen molar-refractivity contribution in [1.82, 2.24) is 9.78 Å². The molecule has 2 aromatic carbocycles. The van der Waals surface area contributed by atoms with Crippen LogP contribution in [0.3, 0.4) is 0 Å². The number of anilines is 2. The lowest BCUT2D eigenvalue weighted by atomic mass is 10.1. The van der Waals surface area contributed by atoms with E-state index in [9.17, 15) is 14.9 Å². The highest BCUT2D eigenvalue weighted by Crippen LogP contribution is 2.28. The molecular formula is C22H25N5O5. The summed E-state index contributed by atoms with van der Waals surface area (Å²) in [7, 11) is 3.32. The SMILES string of the molecule is CCN(C)c1cc(-c2cccc(OC)c2)nn(-c2cc(NCCO)ccc2[N+](=O)[O-])c1=O. The van der Waals surface area contributed by atoms with Crippen LogP contribution in [0.1, 0.15) is 6.92 Å². The molecule has 0 saturated carbocycles. The first kappa shape index (κ1) is 22.8. The standard InChI is InChI=1S/C22H25N5O5/c1-4-25(2)21-14-18(15-6-5-7-17(12-15)32-3)24-26(22(21)29)20-13-16(23-10-11-28)8-9-19(20)27(30)31/h5-9,12-14,23,28H,4,10-11H2,1-3H3. The van der Waals surface area contributed by atoms with Gasteiger partial charge in [-0.3, -0.25) is 14.9 Å². The van der Waals surface area contributed by atoms with Gasteiger partial charge in [-0.2, -0.15) is 9.78 Å². The molecule has 0 spiro atoms. The van der Waals surface area contributed by atoms with Gasteiger partial charge in [-0.15, -0.1) is 0 Å². The predicted octanol–water partition coefficient (Wildman–Crippen LogP) is 2.68. The number of aromatic nitrogens is 2. The van der Waals surface area contributed by atoms with Crippen LogP contribution in [0, 0.1) is 10.1 Å². The second-order valence-electron chi connectivity index (χ2n) is 6.99. The highest BCUT2D eigenvalue weighted by atomic mass is 16.6. The molecule has 0 atom stereocenters. The number of aliphatic hydroxyl groups excluding tert-OH is 1. The van der Waals surface area contributed by atoms with Gasteiger partial charge in [-0.25, -0.2) is 0 Å². The first-order chi connectivity index (χ1) is 15.4. The van der Waals surface area contributed by atoms with Crippen LogP contribution in [-0.4, -0.2) is 53.7 Å². The summed E-state index contributed by atoms with van der Waals surface area (Å²) in [6, 6.07) is 13.2. The number of nitro benzene ring substituents is 1. The zero-order valence-electron chi connectivity index (χ0n) is 18.1. The van der Waals surface area contributed by atoms with Gasteiger partial charge in [0.25, 0.3) is 11.2 Å². The zero-order chi connectivity index (χ0) is 23.3. The average Bonchev–Trinajstić information content (AvgIpc) is 2.82. The molecule has 0 bridgehead atoms. The first-order valence-corrected chi connectivity index (χ1v) is 10.0. The van der Waals surface area contributed by atoms with Crippen LogP contribution in [0.4, 0.5) is 17.1 Å². The van der Waals surface area contributed by atoms with Gasteiger partial charge in [0.2, 0.25) is 0 Å². The van der Waals surface area contributed by atoms with Gasteiger partial charge in [0.05, 0.1) is 24.3 Å². The van der Waals surface area contributed by atoms with Gasteiger partial charge in [0.1, 0.15) is 17.1 Å². The summed E-state index contributed by atoms with van der Waals surface area (Å²) in [6.45, 7) is 2.60. The second-order valence-corrected chi connectivity index (χ2v) is 6.99. The van der Waals surface area contributed by atoms with E-state index < -0.39 is 10.5 Å². The Bertz CT molecular complexity index is 1180. The summed E-state index contributed by atoms with van der Waals surface area (Å²) in [5, 5.41) is 28.2. The molecule has 3 aromatic rings. The lowest BCUT2D eigenvalue weighted by molar-refractivity contribution is -0.384. The number of aliphatic hydroxyl groups is 1. The Morgan fingerprint density at radius 2 is 2.03 bits per heavy atom. The van der Waals surface area contributed by atoms with Crippen LogP contribution in [0.15, 0.2) is 53.3 Å². The van der Waals surface area contributed by atoms with Crippen LogP contribution in [-0.2, 0) is 0 Å². The molecule has 10 nitrogen and oxygen atoms in total. The third kappa shape index (κ3) is 4.70. The summed E-state index contributed by atoms with van der Waals surface area (Å²) in [6.07, 6.45) is 0. The van der Waals surface area contributed by atoms with E-state index in [4.69, 9.17) is 9.84 Å². The smallest absolute Gasteiger partial charge is 0.295 e. The minimum atomic E-state index is -0.555. The molecule has 0 aliphatic heterocycles. The summed E-state index contributed by atoms with van der Waals surface area (Å²) in [5.74, 6) is 0.619. The molecule has 168 valence electrons. The van der Waals surface area contributed by atoms with E-state index in [0.717, 1.165) is 4.68 Å². The van der Waals surface area contributed by atoms with Crippen LogP contribution < -0.4 is 20.5 Å². The molecule has 2 N–H and O–H groups in total. The fourth-order valence-corrected chi connectivity index (χ4v) is 3.17. The highest BCUT2D eigenvalue weighted by molar-refractivity contribution is 5.67. The Morgan fingerprint density at radius 3 is 2.69 bits per heavy atom. The van der Waals surface area contributed by atoms with Crippen molar-refractivity contribution in [3.63, 3.8) is 0 Å². The Balaban J connectivity index is 2.30. The van der Waals surface area contributed by atoms with Crippen LogP contribution >= 0.6 is 0 Å². The molecule has 0 unspecified atom stereocenters. The topological polar surface area (TPSA) is 123 Å². The molecule has 0 fully saturated rings. The van der Waals surface area contributed by atoms with E-state index in [0.29, 0.717) is 34.9 Å². The Labute approximate surface area is 184 Å². The Morgan fingerprint density at radius 1 is 1.25 bits per heavy atom. The molecule has 0 saturated heterocycles. The summed E-state index contributed by atoms with van der Waals surface area (Å²) in [4.78, 5) is 26.2. The van der Waals surface area contributed by atoms with E-state index >= 15 is 0 Å². The van der Waals surface area contributed by atoms with E-state index in [-0.39, 0.29) is 24.5 Å². The van der Waals surface area contributed by atoms with Crippen LogP contribution in [0.2, 0.25) is 0 Å². The normalized spacial score (nSPS) is 10.6. The van der Waals surface area contributed by atoms with Crippen molar-refractivity contribution in [3.05, 3.63) is 69.0 Å². The summed E-state index contributed by atoms with van der Waals surface area (Å²) in [5.41, 5.74) is 1.31. The maximum absolute atomic E-state index is 13.3. The van der Waals surface area contributed by atoms with Crippen molar-refractivity contribution >= 4 is 17.1 Å². The minimum Gasteiger partial charge on any atom is -0.497 e. The van der Waals surface area contributed by atoms with E-state index in [1.165, 1.54) is 18.2 Å². The zero-order valence-corrected chi connectivity index (χ0v) is 18.1. The number of benzene rings is 2. The lowest BCUT2D eigenvalue weighted by Gasteiger charge is -2.19. The largest absolute Gasteiger partial charge is 0.497 e. The van der Waals surface area contributed by atoms with Crippen molar-refractivity contribution in [2.45, 2.75) is 6.92 Å². The maximum Gasteiger partial charge on any atom is 0.295 e. The van der Waals surface area contributed by atoms with Gasteiger partial charge in [-0.05, 0) is 37.3 Å². The number of hydrogen-bond donors (Lipinski definition) is 2. The van der Waals surface area contributed by atoms with E-state index in [2.05, 4.69) is 10.4 Å². The number of nitro groups is 1. The second kappa shape index (κ2) is 9.92. The van der Waals surface area contributed by atoms with Crippen molar-refractivity contribution < 1.29 is 14.8 Å².